The van der Waals surface area contributed by atoms with Crippen LogP contribution in [0.15, 0.2) is 42.6 Å². The number of amides is 1. The average molecular weight is 335 g/mol. The summed E-state index contributed by atoms with van der Waals surface area (Å²) in [4.78, 5) is 16.6. The predicted octanol–water partition coefficient (Wildman–Crippen LogP) is 3.38. The molecular formula is C20H21N3O2. The number of aryl methyl sites for hydroxylation is 1. The molecule has 2 aromatic rings. The quantitative estimate of drug-likeness (QED) is 0.929. The zero-order chi connectivity index (χ0) is 17.6. The average Bonchev–Trinajstić information content (AvgIpc) is 2.65. The molecule has 1 aromatic heterocycles. The summed E-state index contributed by atoms with van der Waals surface area (Å²) in [6.07, 6.45) is 5.52. The third-order valence-electron chi connectivity index (χ3n) is 4.46. The minimum Gasteiger partial charge on any atom is -0.474 e. The molecule has 1 aliphatic carbocycles. The van der Waals surface area contributed by atoms with Crippen molar-refractivity contribution in [3.63, 3.8) is 0 Å². The second-order valence-electron chi connectivity index (χ2n) is 6.43. The molecule has 0 unspecified atom stereocenters. The largest absolute Gasteiger partial charge is 0.474 e. The number of nitriles is 1. The molecule has 1 saturated carbocycles. The summed E-state index contributed by atoms with van der Waals surface area (Å²) in [7, 11) is 0. The Labute approximate surface area is 147 Å². The van der Waals surface area contributed by atoms with Gasteiger partial charge in [0.15, 0.2) is 0 Å². The van der Waals surface area contributed by atoms with Crippen molar-refractivity contribution in [3.8, 4) is 11.9 Å². The van der Waals surface area contributed by atoms with E-state index in [1.807, 2.05) is 19.1 Å². The number of hydrogen-bond acceptors (Lipinski definition) is 4. The molecule has 3 rings (SSSR count). The number of nitrogens with one attached hydrogen (secondary N) is 1. The van der Waals surface area contributed by atoms with Crippen LogP contribution >= 0.6 is 0 Å². The highest BCUT2D eigenvalue weighted by atomic mass is 16.5. The van der Waals surface area contributed by atoms with Gasteiger partial charge in [-0.3, -0.25) is 4.79 Å². The van der Waals surface area contributed by atoms with E-state index in [9.17, 15) is 4.79 Å². The van der Waals surface area contributed by atoms with Gasteiger partial charge in [0.1, 0.15) is 6.10 Å². The molecule has 1 amide bonds. The van der Waals surface area contributed by atoms with E-state index in [2.05, 4.69) is 16.4 Å². The molecule has 1 N–H and O–H groups in total. The molecule has 128 valence electrons. The number of aromatic nitrogens is 1. The van der Waals surface area contributed by atoms with Gasteiger partial charge in [-0.05, 0) is 62.4 Å². The lowest BCUT2D eigenvalue weighted by molar-refractivity contribution is 0.0890. The number of pyridine rings is 1. The second kappa shape index (κ2) is 7.80. The van der Waals surface area contributed by atoms with Gasteiger partial charge in [0.05, 0.1) is 11.6 Å². The van der Waals surface area contributed by atoms with Gasteiger partial charge < -0.3 is 10.1 Å². The number of hydrogen-bond donors (Lipinski definition) is 1. The maximum absolute atomic E-state index is 12.3. The lowest BCUT2D eigenvalue weighted by Crippen LogP contribution is -2.39. The fourth-order valence-electron chi connectivity index (χ4n) is 2.98. The van der Waals surface area contributed by atoms with E-state index in [0.717, 1.165) is 31.2 Å². The molecular weight excluding hydrogens is 314 g/mol. The zero-order valence-corrected chi connectivity index (χ0v) is 14.2. The lowest BCUT2D eigenvalue weighted by Gasteiger charge is -2.29. The fourth-order valence-corrected chi connectivity index (χ4v) is 2.98. The summed E-state index contributed by atoms with van der Waals surface area (Å²) in [5.41, 5.74) is 2.25. The summed E-state index contributed by atoms with van der Waals surface area (Å²) < 4.78 is 5.92. The first kappa shape index (κ1) is 17.0. The van der Waals surface area contributed by atoms with E-state index in [1.54, 1.807) is 30.5 Å². The maximum Gasteiger partial charge on any atom is 0.251 e. The van der Waals surface area contributed by atoms with Crippen molar-refractivity contribution in [1.29, 1.82) is 5.26 Å². The number of carbonyl (C=O) groups is 1. The van der Waals surface area contributed by atoms with Crippen molar-refractivity contribution in [2.45, 2.75) is 44.8 Å². The van der Waals surface area contributed by atoms with Gasteiger partial charge in [-0.15, -0.1) is 0 Å². The van der Waals surface area contributed by atoms with Crippen molar-refractivity contribution < 1.29 is 9.53 Å². The first-order chi connectivity index (χ1) is 12.1. The minimum atomic E-state index is -0.0888. The molecule has 0 aliphatic heterocycles. The summed E-state index contributed by atoms with van der Waals surface area (Å²) in [6, 6.07) is 12.8. The van der Waals surface area contributed by atoms with E-state index in [0.29, 0.717) is 17.0 Å². The topological polar surface area (TPSA) is 75.0 Å². The van der Waals surface area contributed by atoms with Crippen LogP contribution in [0.25, 0.3) is 0 Å². The molecule has 5 heteroatoms. The van der Waals surface area contributed by atoms with Crippen molar-refractivity contribution in [2.75, 3.05) is 0 Å². The number of ether oxygens (including phenoxy) is 1. The zero-order valence-electron chi connectivity index (χ0n) is 14.2. The van der Waals surface area contributed by atoms with Crippen molar-refractivity contribution >= 4 is 5.91 Å². The van der Waals surface area contributed by atoms with Crippen molar-refractivity contribution in [2.24, 2.45) is 0 Å². The van der Waals surface area contributed by atoms with Crippen molar-refractivity contribution in [3.05, 3.63) is 59.3 Å². The predicted molar refractivity (Wildman–Crippen MR) is 94.3 cm³/mol. The lowest BCUT2D eigenvalue weighted by atomic mass is 9.92. The monoisotopic (exact) mass is 335 g/mol. The van der Waals surface area contributed by atoms with Crippen LogP contribution in [-0.4, -0.2) is 23.0 Å². The Morgan fingerprint density at radius 2 is 1.88 bits per heavy atom. The summed E-state index contributed by atoms with van der Waals surface area (Å²) in [5.74, 6) is 0.574. The van der Waals surface area contributed by atoms with E-state index in [4.69, 9.17) is 10.00 Å². The Morgan fingerprint density at radius 1 is 1.16 bits per heavy atom. The Kier molecular flexibility index (Phi) is 5.30. The highest BCUT2D eigenvalue weighted by molar-refractivity contribution is 5.94. The first-order valence-corrected chi connectivity index (χ1v) is 8.54. The summed E-state index contributed by atoms with van der Waals surface area (Å²) in [6.45, 7) is 2.00. The number of carbonyl (C=O) groups excluding carboxylic acids is 1. The van der Waals surface area contributed by atoms with E-state index >= 15 is 0 Å². The van der Waals surface area contributed by atoms with Gasteiger partial charge in [0.2, 0.25) is 5.88 Å². The summed E-state index contributed by atoms with van der Waals surface area (Å²) >= 11 is 0. The molecule has 1 aromatic carbocycles. The SMILES string of the molecule is Cc1ccc(OC2CCC(NC(=O)c3ccc(C#N)cc3)CC2)nc1. The number of benzene rings is 1. The van der Waals surface area contributed by atoms with Crippen molar-refractivity contribution in [1.82, 2.24) is 10.3 Å². The standard InChI is InChI=1S/C20H21N3O2/c1-14-2-11-19(22-13-14)25-18-9-7-17(8-10-18)23-20(24)16-5-3-15(12-21)4-6-16/h2-6,11,13,17-18H,7-10H2,1H3,(H,23,24). The molecule has 0 spiro atoms. The molecule has 0 bridgehead atoms. The normalized spacial score (nSPS) is 19.7. The number of nitrogens with zero attached hydrogens (tertiary/aromatic N) is 2. The Hall–Kier alpha value is -2.87. The first-order valence-electron chi connectivity index (χ1n) is 8.54. The van der Waals surface area contributed by atoms with Crippen LogP contribution in [-0.2, 0) is 0 Å². The highest BCUT2D eigenvalue weighted by Crippen LogP contribution is 2.23. The smallest absolute Gasteiger partial charge is 0.251 e. The Morgan fingerprint density at radius 3 is 2.48 bits per heavy atom. The van der Waals surface area contributed by atoms with Crippen LogP contribution in [0.4, 0.5) is 0 Å². The van der Waals surface area contributed by atoms with Gasteiger partial charge in [-0.25, -0.2) is 4.98 Å². The molecule has 5 nitrogen and oxygen atoms in total. The molecule has 1 heterocycles. The van der Waals surface area contributed by atoms with E-state index < -0.39 is 0 Å². The van der Waals surface area contributed by atoms with Gasteiger partial charge >= 0.3 is 0 Å². The third kappa shape index (κ3) is 4.57. The van der Waals surface area contributed by atoms with Crippen LogP contribution in [0.2, 0.25) is 0 Å². The van der Waals surface area contributed by atoms with Crippen LogP contribution in [0.1, 0.15) is 47.2 Å². The van der Waals surface area contributed by atoms with Crippen LogP contribution in [0.5, 0.6) is 5.88 Å². The van der Waals surface area contributed by atoms with Gasteiger partial charge in [-0.1, -0.05) is 6.07 Å². The van der Waals surface area contributed by atoms with Crippen LogP contribution in [0, 0.1) is 18.3 Å². The molecule has 0 atom stereocenters. The molecule has 25 heavy (non-hydrogen) atoms. The molecule has 1 aliphatic rings. The molecule has 0 radical (unpaired) electrons. The van der Waals surface area contributed by atoms with Gasteiger partial charge in [0.25, 0.3) is 5.91 Å². The highest BCUT2D eigenvalue weighted by Gasteiger charge is 2.24. The Bertz CT molecular complexity index is 755. The fraction of sp³-hybridized carbons (Fsp3) is 0.350. The van der Waals surface area contributed by atoms with Gasteiger partial charge in [-0.2, -0.15) is 5.26 Å². The Balaban J connectivity index is 1.47. The van der Waals surface area contributed by atoms with Crippen LogP contribution in [0.3, 0.4) is 0 Å². The number of rotatable bonds is 4. The molecule has 1 fully saturated rings. The van der Waals surface area contributed by atoms with Crippen LogP contribution < -0.4 is 10.1 Å². The minimum absolute atomic E-state index is 0.0888. The van der Waals surface area contributed by atoms with E-state index in [1.165, 1.54) is 0 Å². The second-order valence-corrected chi connectivity index (χ2v) is 6.43. The van der Waals surface area contributed by atoms with Gasteiger partial charge in [0, 0.05) is 23.9 Å². The molecule has 0 saturated heterocycles. The summed E-state index contributed by atoms with van der Waals surface area (Å²) in [5, 5.41) is 11.9. The maximum atomic E-state index is 12.3. The van der Waals surface area contributed by atoms with E-state index in [-0.39, 0.29) is 18.1 Å². The third-order valence-corrected chi connectivity index (χ3v) is 4.46.